The lowest BCUT2D eigenvalue weighted by molar-refractivity contribution is 0.158. The van der Waals surface area contributed by atoms with Gasteiger partial charge < -0.3 is 9.47 Å². The highest BCUT2D eigenvalue weighted by molar-refractivity contribution is 6.04. The zero-order chi connectivity index (χ0) is 12.0. The van der Waals surface area contributed by atoms with Gasteiger partial charge in [0.2, 0.25) is 0 Å². The van der Waals surface area contributed by atoms with Crippen LogP contribution < -0.4 is 10.1 Å². The summed E-state index contributed by atoms with van der Waals surface area (Å²) in [4.78, 5) is 11.1. The third kappa shape index (κ3) is 3.27. The Morgan fingerprint density at radius 1 is 1.50 bits per heavy atom. The Morgan fingerprint density at radius 3 is 2.88 bits per heavy atom. The molecule has 0 unspecified atom stereocenters. The van der Waals surface area contributed by atoms with Crippen molar-refractivity contribution in [2.75, 3.05) is 13.7 Å². The molecule has 0 aliphatic heterocycles. The van der Waals surface area contributed by atoms with Crippen LogP contribution in [0.4, 0.5) is 4.79 Å². The molecule has 5 heteroatoms. The van der Waals surface area contributed by atoms with Gasteiger partial charge in [-0.15, -0.1) is 0 Å². The lowest BCUT2D eigenvalue weighted by Gasteiger charge is -2.07. The summed E-state index contributed by atoms with van der Waals surface area (Å²) in [5.41, 5.74) is 0.562. The highest BCUT2D eigenvalue weighted by Gasteiger charge is 2.07. The molecule has 0 aliphatic carbocycles. The molecule has 0 saturated heterocycles. The largest absolute Gasteiger partial charge is 0.497 e. The summed E-state index contributed by atoms with van der Waals surface area (Å²) in [5, 5.41) is 9.96. The molecule has 0 saturated carbocycles. The molecule has 0 fully saturated rings. The van der Waals surface area contributed by atoms with E-state index in [1.54, 1.807) is 38.3 Å². The molecule has 0 spiro atoms. The monoisotopic (exact) mass is 222 g/mol. The number of rotatable bonds is 3. The van der Waals surface area contributed by atoms with Gasteiger partial charge in [-0.2, -0.15) is 0 Å². The van der Waals surface area contributed by atoms with Gasteiger partial charge in [-0.05, 0) is 19.1 Å². The van der Waals surface area contributed by atoms with Crippen molar-refractivity contribution < 1.29 is 14.3 Å². The van der Waals surface area contributed by atoms with Crippen molar-refractivity contribution in [1.82, 2.24) is 5.32 Å². The number of alkyl carbamates (subject to hydrolysis) is 1. The Labute approximate surface area is 93.9 Å². The van der Waals surface area contributed by atoms with Gasteiger partial charge in [-0.25, -0.2) is 4.79 Å². The number of amidine groups is 1. The van der Waals surface area contributed by atoms with E-state index in [9.17, 15) is 4.79 Å². The summed E-state index contributed by atoms with van der Waals surface area (Å²) < 4.78 is 9.69. The van der Waals surface area contributed by atoms with Crippen LogP contribution >= 0.6 is 0 Å². The Hall–Kier alpha value is -2.04. The normalized spacial score (nSPS) is 9.38. The first kappa shape index (κ1) is 12.0. The van der Waals surface area contributed by atoms with E-state index in [2.05, 4.69) is 10.1 Å². The van der Waals surface area contributed by atoms with Crippen LogP contribution in [0.3, 0.4) is 0 Å². The van der Waals surface area contributed by atoms with Crippen LogP contribution in [-0.4, -0.2) is 25.6 Å². The number of benzene rings is 1. The minimum atomic E-state index is -0.629. The van der Waals surface area contributed by atoms with Gasteiger partial charge in [-0.1, -0.05) is 12.1 Å². The van der Waals surface area contributed by atoms with E-state index in [4.69, 9.17) is 10.1 Å². The summed E-state index contributed by atoms with van der Waals surface area (Å²) in [5.74, 6) is 0.616. The fourth-order valence-electron chi connectivity index (χ4n) is 1.12. The lowest BCUT2D eigenvalue weighted by Crippen LogP contribution is -2.31. The van der Waals surface area contributed by atoms with Crippen molar-refractivity contribution in [3.8, 4) is 5.75 Å². The average molecular weight is 222 g/mol. The molecule has 1 aromatic carbocycles. The van der Waals surface area contributed by atoms with Crippen molar-refractivity contribution in [3.63, 3.8) is 0 Å². The average Bonchev–Trinajstić information content (AvgIpc) is 2.29. The van der Waals surface area contributed by atoms with E-state index < -0.39 is 6.09 Å². The van der Waals surface area contributed by atoms with E-state index >= 15 is 0 Å². The second-order valence-electron chi connectivity index (χ2n) is 2.95. The molecule has 1 aromatic rings. The molecule has 0 aliphatic rings. The van der Waals surface area contributed by atoms with E-state index in [0.717, 1.165) is 0 Å². The molecular formula is C11H14N2O3. The topological polar surface area (TPSA) is 71.4 Å². The molecule has 5 nitrogen and oxygen atoms in total. The smallest absolute Gasteiger partial charge is 0.412 e. The number of hydrogen-bond acceptors (Lipinski definition) is 4. The molecule has 0 aromatic heterocycles. The summed E-state index contributed by atoms with van der Waals surface area (Å²) in [6.07, 6.45) is -0.629. The Kier molecular flexibility index (Phi) is 4.32. The number of ether oxygens (including phenoxy) is 2. The Balaban J connectivity index is 2.69. The van der Waals surface area contributed by atoms with E-state index in [1.165, 1.54) is 0 Å². The van der Waals surface area contributed by atoms with Gasteiger partial charge in [-0.3, -0.25) is 10.7 Å². The number of nitrogens with one attached hydrogen (secondary N) is 2. The predicted molar refractivity (Wildman–Crippen MR) is 60.0 cm³/mol. The summed E-state index contributed by atoms with van der Waals surface area (Å²) >= 11 is 0. The standard InChI is InChI=1S/C11H14N2O3/c1-3-16-11(14)13-10(12)8-5-4-6-9(7-8)15-2/h4-7H,3H2,1-2H3,(H2,12,13,14). The third-order valence-electron chi connectivity index (χ3n) is 1.86. The van der Waals surface area contributed by atoms with Crippen LogP contribution in [0.25, 0.3) is 0 Å². The minimum absolute atomic E-state index is 0.0163. The quantitative estimate of drug-likeness (QED) is 0.604. The van der Waals surface area contributed by atoms with Crippen molar-refractivity contribution in [2.45, 2.75) is 6.92 Å². The van der Waals surface area contributed by atoms with Gasteiger partial charge in [0.25, 0.3) is 0 Å². The molecule has 0 bridgehead atoms. The number of carbonyl (C=O) groups excluding carboxylic acids is 1. The Morgan fingerprint density at radius 2 is 2.25 bits per heavy atom. The number of amides is 1. The maximum Gasteiger partial charge on any atom is 0.412 e. The SMILES string of the molecule is CCOC(=O)NC(=N)c1cccc(OC)c1. The summed E-state index contributed by atoms with van der Waals surface area (Å²) in [7, 11) is 1.54. The van der Waals surface area contributed by atoms with Gasteiger partial charge in [0.1, 0.15) is 11.6 Å². The van der Waals surface area contributed by atoms with Gasteiger partial charge >= 0.3 is 6.09 Å². The van der Waals surface area contributed by atoms with Crippen LogP contribution in [0, 0.1) is 5.41 Å². The number of methoxy groups -OCH3 is 1. The van der Waals surface area contributed by atoms with Gasteiger partial charge in [0, 0.05) is 5.56 Å². The van der Waals surface area contributed by atoms with E-state index in [-0.39, 0.29) is 12.4 Å². The third-order valence-corrected chi connectivity index (χ3v) is 1.86. The van der Waals surface area contributed by atoms with Gasteiger partial charge in [0.05, 0.1) is 13.7 Å². The second kappa shape index (κ2) is 5.75. The summed E-state index contributed by atoms with van der Waals surface area (Å²) in [6, 6.07) is 6.88. The number of hydrogen-bond donors (Lipinski definition) is 2. The first-order valence-corrected chi connectivity index (χ1v) is 4.84. The highest BCUT2D eigenvalue weighted by Crippen LogP contribution is 2.12. The van der Waals surface area contributed by atoms with Crippen molar-refractivity contribution in [3.05, 3.63) is 29.8 Å². The Bertz CT molecular complexity index is 391. The van der Waals surface area contributed by atoms with Crippen LogP contribution in [0.1, 0.15) is 12.5 Å². The van der Waals surface area contributed by atoms with Crippen LogP contribution in [0.5, 0.6) is 5.75 Å². The maximum absolute atomic E-state index is 11.1. The second-order valence-corrected chi connectivity index (χ2v) is 2.95. The molecule has 0 heterocycles. The van der Waals surface area contributed by atoms with Crippen LogP contribution in [0.2, 0.25) is 0 Å². The lowest BCUT2D eigenvalue weighted by atomic mass is 10.2. The molecule has 16 heavy (non-hydrogen) atoms. The summed E-state index contributed by atoms with van der Waals surface area (Å²) in [6.45, 7) is 1.98. The minimum Gasteiger partial charge on any atom is -0.497 e. The molecular weight excluding hydrogens is 208 g/mol. The molecule has 0 atom stereocenters. The number of carbonyl (C=O) groups is 1. The van der Waals surface area contributed by atoms with Crippen molar-refractivity contribution in [2.24, 2.45) is 0 Å². The maximum atomic E-state index is 11.1. The fraction of sp³-hybridized carbons (Fsp3) is 0.273. The van der Waals surface area contributed by atoms with E-state index in [1.807, 2.05) is 0 Å². The van der Waals surface area contributed by atoms with Crippen LogP contribution in [-0.2, 0) is 4.74 Å². The van der Waals surface area contributed by atoms with Gasteiger partial charge in [0.15, 0.2) is 0 Å². The van der Waals surface area contributed by atoms with Crippen LogP contribution in [0.15, 0.2) is 24.3 Å². The fourth-order valence-corrected chi connectivity index (χ4v) is 1.12. The zero-order valence-electron chi connectivity index (χ0n) is 9.24. The molecule has 2 N–H and O–H groups in total. The predicted octanol–water partition coefficient (Wildman–Crippen LogP) is 1.77. The van der Waals surface area contributed by atoms with Crippen molar-refractivity contribution in [1.29, 1.82) is 5.41 Å². The highest BCUT2D eigenvalue weighted by atomic mass is 16.5. The first-order chi connectivity index (χ1) is 7.67. The first-order valence-electron chi connectivity index (χ1n) is 4.84. The molecule has 1 rings (SSSR count). The molecule has 86 valence electrons. The molecule has 1 amide bonds. The zero-order valence-corrected chi connectivity index (χ0v) is 9.24. The van der Waals surface area contributed by atoms with E-state index in [0.29, 0.717) is 11.3 Å². The van der Waals surface area contributed by atoms with Crippen molar-refractivity contribution >= 4 is 11.9 Å². The molecule has 0 radical (unpaired) electrons.